The lowest BCUT2D eigenvalue weighted by Crippen LogP contribution is -1.95. The predicted molar refractivity (Wildman–Crippen MR) is 72.0 cm³/mol. The van der Waals surface area contributed by atoms with E-state index in [1.54, 1.807) is 7.11 Å². The molecule has 0 unspecified atom stereocenters. The second-order valence-electron chi connectivity index (χ2n) is 3.31. The summed E-state index contributed by atoms with van der Waals surface area (Å²) in [6.45, 7) is 12.4. The van der Waals surface area contributed by atoms with Crippen LogP contribution in [0.3, 0.4) is 0 Å². The lowest BCUT2D eigenvalue weighted by molar-refractivity contribution is 0.397. The zero-order chi connectivity index (χ0) is 13.0. The number of pyridine rings is 1. The van der Waals surface area contributed by atoms with E-state index in [0.717, 1.165) is 6.42 Å². The molecule has 0 aliphatic carbocycles. The van der Waals surface area contributed by atoms with Gasteiger partial charge in [0.05, 0.1) is 7.11 Å². The van der Waals surface area contributed by atoms with Crippen LogP contribution in [0.15, 0.2) is 18.3 Å². The minimum Gasteiger partial charge on any atom is -0.481 e. The molecule has 94 valence electrons. The van der Waals surface area contributed by atoms with Crippen LogP contribution in [0.4, 0.5) is 0 Å². The zero-order valence-corrected chi connectivity index (χ0v) is 11.9. The maximum Gasteiger partial charge on any atom is 0.212 e. The van der Waals surface area contributed by atoms with Crippen molar-refractivity contribution in [2.45, 2.75) is 48.0 Å². The molecule has 2 nitrogen and oxygen atoms in total. The van der Waals surface area contributed by atoms with Gasteiger partial charge in [-0.1, -0.05) is 47.6 Å². The fourth-order valence-electron chi connectivity index (χ4n) is 1.12. The van der Waals surface area contributed by atoms with Crippen molar-refractivity contribution < 1.29 is 4.74 Å². The lowest BCUT2D eigenvalue weighted by atomic mass is 10.1. The summed E-state index contributed by atoms with van der Waals surface area (Å²) >= 11 is 0. The highest BCUT2D eigenvalue weighted by Crippen LogP contribution is 2.10. The minimum absolute atomic E-state index is 0.681. The van der Waals surface area contributed by atoms with Gasteiger partial charge in [0.1, 0.15) is 0 Å². The Labute approximate surface area is 101 Å². The van der Waals surface area contributed by atoms with Crippen LogP contribution in [0.5, 0.6) is 5.88 Å². The number of hydrogen-bond donors (Lipinski definition) is 0. The molecule has 0 saturated heterocycles. The van der Waals surface area contributed by atoms with Gasteiger partial charge in [0.15, 0.2) is 0 Å². The van der Waals surface area contributed by atoms with Crippen LogP contribution in [0.25, 0.3) is 0 Å². The number of methoxy groups -OCH3 is 1. The number of aromatic nitrogens is 1. The van der Waals surface area contributed by atoms with Gasteiger partial charge >= 0.3 is 0 Å². The van der Waals surface area contributed by atoms with Gasteiger partial charge in [0.2, 0.25) is 5.88 Å². The molecule has 1 heterocycles. The van der Waals surface area contributed by atoms with Gasteiger partial charge in [0, 0.05) is 12.3 Å². The summed E-state index contributed by atoms with van der Waals surface area (Å²) in [7, 11) is 1.63. The average Bonchev–Trinajstić information content (AvgIpc) is 2.34. The molecule has 0 spiro atoms. The summed E-state index contributed by atoms with van der Waals surface area (Å²) in [5.41, 5.74) is 1.27. The largest absolute Gasteiger partial charge is 0.481 e. The Kier molecular flexibility index (Phi) is 13.0. The fraction of sp³-hybridized carbons (Fsp3) is 0.643. The number of ether oxygens (including phenoxy) is 1. The second kappa shape index (κ2) is 12.0. The Balaban J connectivity index is 0. The molecular formula is C14H27NO. The van der Waals surface area contributed by atoms with Crippen LogP contribution in [0.1, 0.15) is 47.1 Å². The summed E-state index contributed by atoms with van der Waals surface area (Å²) in [6.07, 6.45) is 2.95. The van der Waals surface area contributed by atoms with Crippen molar-refractivity contribution in [1.29, 1.82) is 0 Å². The fourth-order valence-corrected chi connectivity index (χ4v) is 1.12. The molecule has 0 saturated carbocycles. The minimum atomic E-state index is 0.681. The maximum absolute atomic E-state index is 4.96. The second-order valence-corrected chi connectivity index (χ2v) is 3.31. The standard InChI is InChI=1S/C10H15NO.2C2H6/c1-8(2)6-9-4-5-10(12-3)11-7-9;2*1-2/h4-5,7-8H,6H2,1-3H3;2*1-2H3. The van der Waals surface area contributed by atoms with Gasteiger partial charge in [-0.25, -0.2) is 4.98 Å². The first-order chi connectivity index (χ1) is 7.72. The quantitative estimate of drug-likeness (QED) is 0.763. The van der Waals surface area contributed by atoms with Crippen molar-refractivity contribution >= 4 is 0 Å². The molecule has 0 atom stereocenters. The number of rotatable bonds is 3. The van der Waals surface area contributed by atoms with E-state index in [2.05, 4.69) is 24.9 Å². The van der Waals surface area contributed by atoms with Gasteiger partial charge in [-0.2, -0.15) is 0 Å². The molecular weight excluding hydrogens is 198 g/mol. The van der Waals surface area contributed by atoms with Gasteiger partial charge in [-0.3, -0.25) is 0 Å². The SMILES string of the molecule is CC.CC.COc1ccc(CC(C)C)cn1. The van der Waals surface area contributed by atoms with E-state index in [9.17, 15) is 0 Å². The van der Waals surface area contributed by atoms with Crippen LogP contribution in [-0.4, -0.2) is 12.1 Å². The highest BCUT2D eigenvalue weighted by Gasteiger charge is 1.98. The van der Waals surface area contributed by atoms with Crippen LogP contribution in [0, 0.1) is 5.92 Å². The van der Waals surface area contributed by atoms with Crippen molar-refractivity contribution in [3.05, 3.63) is 23.9 Å². The Morgan fingerprint density at radius 2 is 1.69 bits per heavy atom. The number of nitrogens with zero attached hydrogens (tertiary/aromatic N) is 1. The third-order valence-electron chi connectivity index (χ3n) is 1.65. The molecule has 0 aromatic carbocycles. The van der Waals surface area contributed by atoms with Crippen LogP contribution in [0.2, 0.25) is 0 Å². The van der Waals surface area contributed by atoms with Crippen molar-refractivity contribution in [3.8, 4) is 5.88 Å². The summed E-state index contributed by atoms with van der Waals surface area (Å²) in [6, 6.07) is 3.96. The summed E-state index contributed by atoms with van der Waals surface area (Å²) in [5.74, 6) is 1.36. The molecule has 2 heteroatoms. The number of hydrogen-bond acceptors (Lipinski definition) is 2. The van der Waals surface area contributed by atoms with Gasteiger partial charge in [-0.15, -0.1) is 0 Å². The van der Waals surface area contributed by atoms with E-state index in [1.807, 2.05) is 40.0 Å². The molecule has 1 aromatic heterocycles. The van der Waals surface area contributed by atoms with Gasteiger partial charge < -0.3 is 4.74 Å². The van der Waals surface area contributed by atoms with Crippen molar-refractivity contribution in [3.63, 3.8) is 0 Å². The topological polar surface area (TPSA) is 22.1 Å². The molecule has 0 radical (unpaired) electrons. The first-order valence-electron chi connectivity index (χ1n) is 6.21. The molecule has 1 aromatic rings. The molecule has 0 aliphatic heterocycles. The van der Waals surface area contributed by atoms with Crippen LogP contribution in [-0.2, 0) is 6.42 Å². The molecule has 0 bridgehead atoms. The third-order valence-corrected chi connectivity index (χ3v) is 1.65. The average molecular weight is 225 g/mol. The molecule has 0 aliphatic rings. The highest BCUT2D eigenvalue weighted by atomic mass is 16.5. The maximum atomic E-state index is 4.96. The van der Waals surface area contributed by atoms with E-state index in [-0.39, 0.29) is 0 Å². The molecule has 0 amide bonds. The Morgan fingerprint density at radius 1 is 1.12 bits per heavy atom. The smallest absolute Gasteiger partial charge is 0.212 e. The molecule has 1 rings (SSSR count). The zero-order valence-electron chi connectivity index (χ0n) is 11.9. The summed E-state index contributed by atoms with van der Waals surface area (Å²) in [5, 5.41) is 0. The summed E-state index contributed by atoms with van der Waals surface area (Å²) in [4.78, 5) is 4.13. The summed E-state index contributed by atoms with van der Waals surface area (Å²) < 4.78 is 4.96. The third kappa shape index (κ3) is 8.27. The van der Waals surface area contributed by atoms with Gasteiger partial charge in [0.25, 0.3) is 0 Å². The Hall–Kier alpha value is -1.05. The first kappa shape index (κ1) is 17.3. The van der Waals surface area contributed by atoms with E-state index >= 15 is 0 Å². The van der Waals surface area contributed by atoms with E-state index in [1.165, 1.54) is 5.56 Å². The van der Waals surface area contributed by atoms with Crippen molar-refractivity contribution in [2.75, 3.05) is 7.11 Å². The van der Waals surface area contributed by atoms with E-state index in [0.29, 0.717) is 11.8 Å². The van der Waals surface area contributed by atoms with Crippen LogP contribution < -0.4 is 4.74 Å². The van der Waals surface area contributed by atoms with Crippen molar-refractivity contribution in [1.82, 2.24) is 4.98 Å². The Bertz CT molecular complexity index is 229. The van der Waals surface area contributed by atoms with Gasteiger partial charge in [-0.05, 0) is 17.9 Å². The monoisotopic (exact) mass is 225 g/mol. The molecule has 16 heavy (non-hydrogen) atoms. The van der Waals surface area contributed by atoms with E-state index in [4.69, 9.17) is 4.74 Å². The normalized spacial score (nSPS) is 8.50. The lowest BCUT2D eigenvalue weighted by Gasteiger charge is -2.04. The highest BCUT2D eigenvalue weighted by molar-refractivity contribution is 5.17. The predicted octanol–water partition coefficient (Wildman–Crippen LogP) is 4.34. The van der Waals surface area contributed by atoms with E-state index < -0.39 is 0 Å². The van der Waals surface area contributed by atoms with Crippen LogP contribution >= 0.6 is 0 Å². The molecule has 0 fully saturated rings. The Morgan fingerprint density at radius 3 is 2.00 bits per heavy atom. The first-order valence-corrected chi connectivity index (χ1v) is 6.21. The van der Waals surface area contributed by atoms with Crippen molar-refractivity contribution in [2.24, 2.45) is 5.92 Å². The molecule has 0 N–H and O–H groups in total.